The molecular formula is C10H9FN4O. The van der Waals surface area contributed by atoms with Crippen molar-refractivity contribution < 1.29 is 9.18 Å². The number of hydrogen-bond acceptors (Lipinski definition) is 2. The number of H-pyrrole nitrogens is 1. The Kier molecular flexibility index (Phi) is 2.55. The van der Waals surface area contributed by atoms with Gasteiger partial charge in [-0.15, -0.1) is 0 Å². The van der Waals surface area contributed by atoms with E-state index < -0.39 is 6.03 Å². The Bertz CT molecular complexity index is 561. The second-order valence-corrected chi connectivity index (χ2v) is 3.18. The third-order valence-electron chi connectivity index (χ3n) is 2.02. The molecule has 16 heavy (non-hydrogen) atoms. The molecule has 0 aliphatic heterocycles. The number of benzene rings is 1. The van der Waals surface area contributed by atoms with E-state index in [0.29, 0.717) is 11.1 Å². The number of carbonyl (C=O) groups is 1. The molecule has 0 aliphatic carbocycles. The first-order valence-electron chi connectivity index (χ1n) is 4.52. The molecule has 82 valence electrons. The summed E-state index contributed by atoms with van der Waals surface area (Å²) < 4.78 is 13.5. The number of nitrogens with one attached hydrogen (secondary N) is 2. The van der Waals surface area contributed by atoms with Gasteiger partial charge in [-0.2, -0.15) is 5.10 Å². The van der Waals surface area contributed by atoms with Crippen LogP contribution in [0.5, 0.6) is 0 Å². The normalized spacial score (nSPS) is 11.1. The molecule has 2 amide bonds. The number of carbonyl (C=O) groups excluding carboxylic acids is 1. The van der Waals surface area contributed by atoms with Crippen molar-refractivity contribution in [1.82, 2.24) is 10.4 Å². The van der Waals surface area contributed by atoms with Crippen molar-refractivity contribution in [3.8, 4) is 0 Å². The molecule has 0 bridgehead atoms. The number of hydrazone groups is 1. The minimum atomic E-state index is -0.764. The number of primary amides is 1. The van der Waals surface area contributed by atoms with E-state index in [-0.39, 0.29) is 5.82 Å². The first-order valence-corrected chi connectivity index (χ1v) is 4.52. The van der Waals surface area contributed by atoms with Crippen molar-refractivity contribution in [2.75, 3.05) is 0 Å². The Labute approximate surface area is 90.1 Å². The van der Waals surface area contributed by atoms with E-state index in [4.69, 9.17) is 5.73 Å². The number of nitrogens with two attached hydrogens (primary N) is 1. The number of aromatic amines is 1. The molecular weight excluding hydrogens is 211 g/mol. The van der Waals surface area contributed by atoms with E-state index >= 15 is 0 Å². The fourth-order valence-corrected chi connectivity index (χ4v) is 1.39. The average Bonchev–Trinajstić information content (AvgIpc) is 2.65. The fourth-order valence-electron chi connectivity index (χ4n) is 1.39. The van der Waals surface area contributed by atoms with E-state index in [9.17, 15) is 9.18 Å². The van der Waals surface area contributed by atoms with Gasteiger partial charge in [0, 0.05) is 11.6 Å². The molecule has 5 nitrogen and oxygen atoms in total. The SMILES string of the molecule is NC(=O)NN=Cc1cc(F)c2[nH]ccc2c1. The third kappa shape index (κ3) is 2.00. The lowest BCUT2D eigenvalue weighted by atomic mass is 10.1. The number of hydrogen-bond donors (Lipinski definition) is 3. The monoisotopic (exact) mass is 220 g/mol. The Morgan fingerprint density at radius 1 is 1.56 bits per heavy atom. The molecule has 2 rings (SSSR count). The van der Waals surface area contributed by atoms with Gasteiger partial charge in [-0.3, -0.25) is 0 Å². The summed E-state index contributed by atoms with van der Waals surface area (Å²) in [5.41, 5.74) is 7.84. The summed E-state index contributed by atoms with van der Waals surface area (Å²) in [6.45, 7) is 0. The number of urea groups is 1. The molecule has 1 heterocycles. The van der Waals surface area contributed by atoms with E-state index in [2.05, 4.69) is 10.1 Å². The lowest BCUT2D eigenvalue weighted by molar-refractivity contribution is 0.249. The summed E-state index contributed by atoms with van der Waals surface area (Å²) >= 11 is 0. The van der Waals surface area contributed by atoms with Gasteiger partial charge in [0.15, 0.2) is 0 Å². The van der Waals surface area contributed by atoms with Gasteiger partial charge in [0.2, 0.25) is 0 Å². The van der Waals surface area contributed by atoms with Crippen molar-refractivity contribution in [2.45, 2.75) is 0 Å². The number of nitrogens with zero attached hydrogens (tertiary/aromatic N) is 1. The average molecular weight is 220 g/mol. The van der Waals surface area contributed by atoms with E-state index in [1.807, 2.05) is 5.43 Å². The van der Waals surface area contributed by atoms with Gasteiger partial charge in [-0.25, -0.2) is 14.6 Å². The molecule has 0 atom stereocenters. The topological polar surface area (TPSA) is 83.3 Å². The van der Waals surface area contributed by atoms with Crippen LogP contribution in [0.15, 0.2) is 29.5 Å². The summed E-state index contributed by atoms with van der Waals surface area (Å²) in [6, 6.07) is 4.03. The quantitative estimate of drug-likeness (QED) is 0.517. The van der Waals surface area contributed by atoms with Crippen LogP contribution in [0, 0.1) is 5.82 Å². The van der Waals surface area contributed by atoms with Crippen molar-refractivity contribution >= 4 is 23.1 Å². The van der Waals surface area contributed by atoms with Gasteiger partial charge in [0.25, 0.3) is 0 Å². The summed E-state index contributed by atoms with van der Waals surface area (Å²) in [6.07, 6.45) is 2.97. The molecule has 0 radical (unpaired) electrons. The Balaban J connectivity index is 2.31. The molecule has 0 aliphatic rings. The van der Waals surface area contributed by atoms with Crippen LogP contribution >= 0.6 is 0 Å². The molecule has 0 fully saturated rings. The lowest BCUT2D eigenvalue weighted by Crippen LogP contribution is -2.24. The first kappa shape index (κ1) is 10.2. The number of rotatable bonds is 2. The number of amides is 2. The van der Waals surface area contributed by atoms with Crippen molar-refractivity contribution in [3.63, 3.8) is 0 Å². The number of halogens is 1. The first-order chi connectivity index (χ1) is 7.66. The highest BCUT2D eigenvalue weighted by Gasteiger charge is 2.03. The highest BCUT2D eigenvalue weighted by atomic mass is 19.1. The van der Waals surface area contributed by atoms with Crippen LogP contribution in [0.1, 0.15) is 5.56 Å². The van der Waals surface area contributed by atoms with Crippen LogP contribution in [-0.4, -0.2) is 17.2 Å². The van der Waals surface area contributed by atoms with Gasteiger partial charge in [-0.05, 0) is 23.8 Å². The smallest absolute Gasteiger partial charge is 0.332 e. The van der Waals surface area contributed by atoms with Gasteiger partial charge in [0.1, 0.15) is 5.82 Å². The van der Waals surface area contributed by atoms with E-state index in [0.717, 1.165) is 5.39 Å². The molecule has 6 heteroatoms. The summed E-state index contributed by atoms with van der Waals surface area (Å²) in [5, 5.41) is 4.28. The molecule has 0 saturated heterocycles. The molecule has 4 N–H and O–H groups in total. The lowest BCUT2D eigenvalue weighted by Gasteiger charge is -1.97. The maximum Gasteiger partial charge on any atom is 0.332 e. The fraction of sp³-hybridized carbons (Fsp3) is 0. The zero-order valence-corrected chi connectivity index (χ0v) is 8.20. The Hall–Kier alpha value is -2.37. The van der Waals surface area contributed by atoms with Gasteiger partial charge in [0.05, 0.1) is 11.7 Å². The zero-order chi connectivity index (χ0) is 11.5. The largest absolute Gasteiger partial charge is 0.359 e. The minimum Gasteiger partial charge on any atom is -0.359 e. The Morgan fingerprint density at radius 3 is 3.12 bits per heavy atom. The van der Waals surface area contributed by atoms with E-state index in [1.54, 1.807) is 18.3 Å². The maximum absolute atomic E-state index is 13.5. The molecule has 1 aromatic heterocycles. The molecule has 0 saturated carbocycles. The zero-order valence-electron chi connectivity index (χ0n) is 8.20. The van der Waals surface area contributed by atoms with Crippen LogP contribution in [0.25, 0.3) is 10.9 Å². The van der Waals surface area contributed by atoms with E-state index in [1.165, 1.54) is 12.3 Å². The molecule has 1 aromatic carbocycles. The molecule has 0 unspecified atom stereocenters. The second-order valence-electron chi connectivity index (χ2n) is 3.18. The van der Waals surface area contributed by atoms with Crippen LogP contribution < -0.4 is 11.2 Å². The maximum atomic E-state index is 13.5. The van der Waals surface area contributed by atoms with Crippen molar-refractivity contribution in [1.29, 1.82) is 0 Å². The molecule has 0 spiro atoms. The highest BCUT2D eigenvalue weighted by Crippen LogP contribution is 2.17. The van der Waals surface area contributed by atoms with Crippen LogP contribution in [0.4, 0.5) is 9.18 Å². The molecule has 2 aromatic rings. The Morgan fingerprint density at radius 2 is 2.38 bits per heavy atom. The number of aromatic nitrogens is 1. The summed E-state index contributed by atoms with van der Waals surface area (Å²) in [7, 11) is 0. The summed E-state index contributed by atoms with van der Waals surface area (Å²) in [5.74, 6) is -0.372. The van der Waals surface area contributed by atoms with Gasteiger partial charge >= 0.3 is 6.03 Å². The highest BCUT2D eigenvalue weighted by molar-refractivity contribution is 5.89. The predicted octanol–water partition coefficient (Wildman–Crippen LogP) is 1.31. The predicted molar refractivity (Wildman–Crippen MR) is 58.6 cm³/mol. The van der Waals surface area contributed by atoms with Gasteiger partial charge in [-0.1, -0.05) is 0 Å². The van der Waals surface area contributed by atoms with Crippen LogP contribution in [-0.2, 0) is 0 Å². The third-order valence-corrected chi connectivity index (χ3v) is 2.02. The van der Waals surface area contributed by atoms with Gasteiger partial charge < -0.3 is 10.7 Å². The summed E-state index contributed by atoms with van der Waals surface area (Å²) in [4.78, 5) is 13.1. The van der Waals surface area contributed by atoms with Crippen molar-refractivity contribution in [3.05, 3.63) is 35.8 Å². The van der Waals surface area contributed by atoms with Crippen LogP contribution in [0.2, 0.25) is 0 Å². The second kappa shape index (κ2) is 4.01. The van der Waals surface area contributed by atoms with Crippen molar-refractivity contribution in [2.24, 2.45) is 10.8 Å². The van der Waals surface area contributed by atoms with Crippen LogP contribution in [0.3, 0.4) is 0 Å². The standard InChI is InChI=1S/C10H9FN4O/c11-8-4-6(5-14-15-10(12)16)3-7-1-2-13-9(7)8/h1-5,13H,(H3,12,15,16). The number of fused-ring (bicyclic) bond motifs is 1. The minimum absolute atomic E-state index is 0.372.